The van der Waals surface area contributed by atoms with E-state index in [0.29, 0.717) is 0 Å². The second-order valence-corrected chi connectivity index (χ2v) is 4.10. The Kier molecular flexibility index (Phi) is 2.33. The van der Waals surface area contributed by atoms with E-state index in [1.807, 2.05) is 42.5 Å². The van der Waals surface area contributed by atoms with Gasteiger partial charge in [-0.2, -0.15) is 0 Å². The van der Waals surface area contributed by atoms with Crippen molar-refractivity contribution in [2.45, 2.75) is 6.92 Å². The number of hydrogen-bond acceptors (Lipinski definition) is 2. The van der Waals surface area contributed by atoms with Crippen LogP contribution in [0.2, 0.25) is 0 Å². The molecule has 0 aliphatic carbocycles. The molecule has 0 spiro atoms. The zero-order valence-electron chi connectivity index (χ0n) is 9.59. The quantitative estimate of drug-likeness (QED) is 0.626. The van der Waals surface area contributed by atoms with E-state index < -0.39 is 0 Å². The van der Waals surface area contributed by atoms with Crippen LogP contribution >= 0.6 is 0 Å². The molecular formula is C15H12N2. The third-order valence-corrected chi connectivity index (χ3v) is 2.92. The lowest BCUT2D eigenvalue weighted by atomic mass is 10.1. The average Bonchev–Trinajstić information content (AvgIpc) is 2.40. The van der Waals surface area contributed by atoms with E-state index in [0.717, 1.165) is 16.8 Å². The highest BCUT2D eigenvalue weighted by Crippen LogP contribution is 2.22. The van der Waals surface area contributed by atoms with Gasteiger partial charge in [0.2, 0.25) is 0 Å². The van der Waals surface area contributed by atoms with Crippen molar-refractivity contribution in [1.29, 1.82) is 0 Å². The zero-order valence-corrected chi connectivity index (χ0v) is 9.59. The molecule has 2 aromatic carbocycles. The van der Waals surface area contributed by atoms with Gasteiger partial charge in [-0.3, -0.25) is 0 Å². The summed E-state index contributed by atoms with van der Waals surface area (Å²) in [5, 5.41) is 9.70. The van der Waals surface area contributed by atoms with Crippen molar-refractivity contribution in [3.05, 3.63) is 60.2 Å². The van der Waals surface area contributed by atoms with Gasteiger partial charge in [-0.05, 0) is 24.6 Å². The van der Waals surface area contributed by atoms with Gasteiger partial charge < -0.3 is 0 Å². The summed E-state index contributed by atoms with van der Waals surface area (Å²) in [4.78, 5) is 0. The maximum absolute atomic E-state index is 4.27. The number of benzene rings is 2. The summed E-state index contributed by atoms with van der Waals surface area (Å²) < 4.78 is 0. The first-order chi connectivity index (χ1) is 8.34. The van der Waals surface area contributed by atoms with E-state index in [4.69, 9.17) is 0 Å². The molecule has 0 saturated carbocycles. The Morgan fingerprint density at radius 3 is 2.47 bits per heavy atom. The average molecular weight is 220 g/mol. The molecule has 2 heteroatoms. The van der Waals surface area contributed by atoms with Gasteiger partial charge in [0.25, 0.3) is 0 Å². The minimum Gasteiger partial charge on any atom is -0.150 e. The zero-order chi connectivity index (χ0) is 11.7. The predicted molar refractivity (Wildman–Crippen MR) is 69.7 cm³/mol. The van der Waals surface area contributed by atoms with Crippen molar-refractivity contribution in [2.24, 2.45) is 0 Å². The lowest BCUT2D eigenvalue weighted by Crippen LogP contribution is -1.90. The largest absolute Gasteiger partial charge is 0.150 e. The molecule has 1 heterocycles. The molecule has 1 aromatic heterocycles. The topological polar surface area (TPSA) is 25.8 Å². The number of aromatic nitrogens is 2. The molecule has 82 valence electrons. The van der Waals surface area contributed by atoms with Gasteiger partial charge in [-0.1, -0.05) is 42.5 Å². The second-order valence-electron chi connectivity index (χ2n) is 4.10. The van der Waals surface area contributed by atoms with E-state index in [1.165, 1.54) is 10.9 Å². The van der Waals surface area contributed by atoms with Crippen molar-refractivity contribution >= 4 is 10.9 Å². The van der Waals surface area contributed by atoms with Gasteiger partial charge in [0, 0.05) is 10.9 Å². The maximum atomic E-state index is 4.27. The number of fused-ring (bicyclic) bond motifs is 1. The minimum absolute atomic E-state index is 0.924. The van der Waals surface area contributed by atoms with Crippen LogP contribution in [-0.4, -0.2) is 10.2 Å². The van der Waals surface area contributed by atoms with Crippen molar-refractivity contribution < 1.29 is 0 Å². The highest BCUT2D eigenvalue weighted by molar-refractivity contribution is 5.84. The van der Waals surface area contributed by atoms with Crippen molar-refractivity contribution in [3.63, 3.8) is 0 Å². The van der Waals surface area contributed by atoms with Crippen LogP contribution in [0.15, 0.2) is 54.6 Å². The number of aryl methyl sites for hydroxylation is 1. The van der Waals surface area contributed by atoms with Crippen LogP contribution in [0.3, 0.4) is 0 Å². The molecule has 0 N–H and O–H groups in total. The van der Waals surface area contributed by atoms with Gasteiger partial charge >= 0.3 is 0 Å². The molecule has 0 aliphatic rings. The van der Waals surface area contributed by atoms with Gasteiger partial charge in [0.15, 0.2) is 0 Å². The fraction of sp³-hybridized carbons (Fsp3) is 0.0667. The molecule has 3 aromatic rings. The Balaban J connectivity index is 2.23. The molecule has 0 radical (unpaired) electrons. The number of rotatable bonds is 1. The molecule has 2 nitrogen and oxygen atoms in total. The van der Waals surface area contributed by atoms with E-state index in [-0.39, 0.29) is 0 Å². The summed E-state index contributed by atoms with van der Waals surface area (Å²) in [7, 11) is 0. The Bertz CT molecular complexity index is 660. The predicted octanol–water partition coefficient (Wildman–Crippen LogP) is 3.61. The molecule has 0 saturated heterocycles. The Labute approximate surface area is 99.9 Å². The first-order valence-corrected chi connectivity index (χ1v) is 5.63. The SMILES string of the molecule is Cc1cccc2nnc(-c3ccccc3)cc12. The third-order valence-electron chi connectivity index (χ3n) is 2.92. The Morgan fingerprint density at radius 1 is 0.824 bits per heavy atom. The standard InChI is InChI=1S/C15H12N2/c1-11-6-5-9-14-13(11)10-15(17-16-14)12-7-3-2-4-8-12/h2-10H,1H3. The van der Waals surface area contributed by atoms with Crippen molar-refractivity contribution in [1.82, 2.24) is 10.2 Å². The van der Waals surface area contributed by atoms with Crippen LogP contribution in [0.1, 0.15) is 5.56 Å². The molecule has 0 amide bonds. The van der Waals surface area contributed by atoms with Crippen molar-refractivity contribution in [2.75, 3.05) is 0 Å². The highest BCUT2D eigenvalue weighted by atomic mass is 15.1. The summed E-state index contributed by atoms with van der Waals surface area (Å²) in [5.41, 5.74) is 4.21. The van der Waals surface area contributed by atoms with E-state index >= 15 is 0 Å². The first-order valence-electron chi connectivity index (χ1n) is 5.63. The maximum Gasteiger partial charge on any atom is 0.0936 e. The summed E-state index contributed by atoms with van der Waals surface area (Å²) in [5.74, 6) is 0. The fourth-order valence-corrected chi connectivity index (χ4v) is 1.96. The van der Waals surface area contributed by atoms with E-state index in [9.17, 15) is 0 Å². The Hall–Kier alpha value is -2.22. The lowest BCUT2D eigenvalue weighted by molar-refractivity contribution is 1.08. The molecule has 17 heavy (non-hydrogen) atoms. The third kappa shape index (κ3) is 1.78. The van der Waals surface area contributed by atoms with Gasteiger partial charge in [0.05, 0.1) is 11.2 Å². The molecule has 0 fully saturated rings. The summed E-state index contributed by atoms with van der Waals surface area (Å²) in [6.45, 7) is 2.10. The van der Waals surface area contributed by atoms with Crippen LogP contribution < -0.4 is 0 Å². The van der Waals surface area contributed by atoms with Crippen LogP contribution in [0, 0.1) is 6.92 Å². The number of hydrogen-bond donors (Lipinski definition) is 0. The first kappa shape index (κ1) is 9.97. The van der Waals surface area contributed by atoms with E-state index in [2.05, 4.69) is 29.3 Å². The Morgan fingerprint density at radius 2 is 1.65 bits per heavy atom. The second kappa shape index (κ2) is 3.98. The van der Waals surface area contributed by atoms with Gasteiger partial charge in [-0.15, -0.1) is 10.2 Å². The number of nitrogens with zero attached hydrogens (tertiary/aromatic N) is 2. The molecule has 0 atom stereocenters. The van der Waals surface area contributed by atoms with Gasteiger partial charge in [-0.25, -0.2) is 0 Å². The molecular weight excluding hydrogens is 208 g/mol. The molecule has 0 bridgehead atoms. The van der Waals surface area contributed by atoms with Crippen LogP contribution in [0.25, 0.3) is 22.2 Å². The van der Waals surface area contributed by atoms with Crippen molar-refractivity contribution in [3.8, 4) is 11.3 Å². The summed E-state index contributed by atoms with van der Waals surface area (Å²) in [6, 6.07) is 18.3. The summed E-state index contributed by atoms with van der Waals surface area (Å²) in [6.07, 6.45) is 0. The molecule has 3 rings (SSSR count). The molecule has 0 aliphatic heterocycles. The van der Waals surface area contributed by atoms with Gasteiger partial charge in [0.1, 0.15) is 0 Å². The van der Waals surface area contributed by atoms with Crippen LogP contribution in [-0.2, 0) is 0 Å². The lowest BCUT2D eigenvalue weighted by Gasteiger charge is -2.03. The molecule has 0 unspecified atom stereocenters. The monoisotopic (exact) mass is 220 g/mol. The highest BCUT2D eigenvalue weighted by Gasteiger charge is 2.03. The van der Waals surface area contributed by atoms with Crippen LogP contribution in [0.4, 0.5) is 0 Å². The normalized spacial score (nSPS) is 10.6. The fourth-order valence-electron chi connectivity index (χ4n) is 1.96. The smallest absolute Gasteiger partial charge is 0.0936 e. The minimum atomic E-state index is 0.924. The summed E-state index contributed by atoms with van der Waals surface area (Å²) >= 11 is 0. The van der Waals surface area contributed by atoms with Crippen LogP contribution in [0.5, 0.6) is 0 Å². The van der Waals surface area contributed by atoms with E-state index in [1.54, 1.807) is 0 Å².